The van der Waals surface area contributed by atoms with Gasteiger partial charge in [-0.15, -0.1) is 0 Å². The van der Waals surface area contributed by atoms with Crippen molar-refractivity contribution in [2.45, 2.75) is 0 Å². The van der Waals surface area contributed by atoms with E-state index in [0.29, 0.717) is 0 Å². The molecule has 0 aromatic heterocycles. The van der Waals surface area contributed by atoms with Crippen LogP contribution in [0.25, 0.3) is 6.08 Å². The fourth-order valence-corrected chi connectivity index (χ4v) is 1.30. The number of hydrogen-bond acceptors (Lipinski definition) is 0. The van der Waals surface area contributed by atoms with Crippen LogP contribution in [0.2, 0.25) is 0 Å². The van der Waals surface area contributed by atoms with Crippen molar-refractivity contribution in [3.05, 3.63) is 39.5 Å². The zero-order valence-corrected chi connectivity index (χ0v) is 9.67. The van der Waals surface area contributed by atoms with E-state index in [-0.39, 0.29) is 0 Å². The van der Waals surface area contributed by atoms with Gasteiger partial charge in [-0.05, 0) is 40.3 Å². The second kappa shape index (κ2) is 4.93. The first-order chi connectivity index (χ1) is 5.33. The highest BCUT2D eigenvalue weighted by molar-refractivity contribution is 14.1. The monoisotopic (exact) mass is 322 g/mol. The Hall–Kier alpha value is 0.170. The van der Waals surface area contributed by atoms with Gasteiger partial charge < -0.3 is 0 Å². The Morgan fingerprint density at radius 1 is 1.27 bits per heavy atom. The highest BCUT2D eigenvalue weighted by Crippen LogP contribution is 2.07. The summed E-state index contributed by atoms with van der Waals surface area (Å²) >= 11 is 5.63. The van der Waals surface area contributed by atoms with Crippen molar-refractivity contribution < 1.29 is 0 Å². The molecule has 1 aromatic carbocycles. The van der Waals surface area contributed by atoms with Crippen LogP contribution in [0.5, 0.6) is 0 Å². The van der Waals surface area contributed by atoms with Crippen LogP contribution in [0.3, 0.4) is 0 Å². The minimum atomic E-state index is 0.916. The van der Waals surface area contributed by atoms with Crippen LogP contribution in [-0.2, 0) is 0 Å². The maximum Gasteiger partial charge on any atom is 0.0215 e. The molecule has 0 atom stereocenters. The summed E-state index contributed by atoms with van der Waals surface area (Å²) in [6, 6.07) is 8.44. The van der Waals surface area contributed by atoms with Gasteiger partial charge in [-0.2, -0.15) is 0 Å². The summed E-state index contributed by atoms with van der Waals surface area (Å²) in [7, 11) is 0. The zero-order valence-electron chi connectivity index (χ0n) is 5.93. The molecule has 0 spiro atoms. The lowest BCUT2D eigenvalue weighted by molar-refractivity contribution is 1.60. The summed E-state index contributed by atoms with van der Waals surface area (Å²) in [4.78, 5) is 0. The van der Waals surface area contributed by atoms with Crippen LogP contribution >= 0.6 is 38.5 Å². The van der Waals surface area contributed by atoms with E-state index in [1.165, 1.54) is 9.13 Å². The largest absolute Gasteiger partial charge is 0.0883 e. The van der Waals surface area contributed by atoms with Gasteiger partial charge in [-0.1, -0.05) is 40.2 Å². The number of halogens is 2. The number of rotatable bonds is 2. The number of alkyl halides is 1. The maximum absolute atomic E-state index is 3.33. The van der Waals surface area contributed by atoms with Crippen LogP contribution in [-0.4, -0.2) is 5.33 Å². The molecule has 0 saturated heterocycles. The van der Waals surface area contributed by atoms with E-state index in [9.17, 15) is 0 Å². The minimum Gasteiger partial charge on any atom is -0.0883 e. The van der Waals surface area contributed by atoms with E-state index >= 15 is 0 Å². The average molecular weight is 323 g/mol. The molecule has 2 heteroatoms. The molecule has 0 aliphatic carbocycles. The van der Waals surface area contributed by atoms with Gasteiger partial charge in [0.15, 0.2) is 0 Å². The highest BCUT2D eigenvalue weighted by Gasteiger charge is 1.85. The van der Waals surface area contributed by atoms with Crippen molar-refractivity contribution in [1.82, 2.24) is 0 Å². The summed E-state index contributed by atoms with van der Waals surface area (Å²) in [5.74, 6) is 0. The summed E-state index contributed by atoms with van der Waals surface area (Å²) in [6.07, 6.45) is 4.19. The van der Waals surface area contributed by atoms with Gasteiger partial charge in [0.25, 0.3) is 0 Å². The van der Waals surface area contributed by atoms with Crippen LogP contribution in [0, 0.1) is 3.57 Å². The topological polar surface area (TPSA) is 0 Å². The predicted octanol–water partition coefficient (Wildman–Crippen LogP) is 3.70. The molecule has 0 heterocycles. The number of hydrogen-bond donors (Lipinski definition) is 0. The van der Waals surface area contributed by atoms with E-state index in [2.05, 4.69) is 74.9 Å². The molecule has 0 N–H and O–H groups in total. The first kappa shape index (κ1) is 9.26. The van der Waals surface area contributed by atoms with Crippen LogP contribution in [0.15, 0.2) is 30.3 Å². The third-order valence-electron chi connectivity index (χ3n) is 1.27. The third-order valence-corrected chi connectivity index (χ3v) is 2.36. The van der Waals surface area contributed by atoms with E-state index in [4.69, 9.17) is 0 Å². The van der Waals surface area contributed by atoms with Gasteiger partial charge in [0, 0.05) is 8.90 Å². The Balaban J connectivity index is 2.73. The minimum absolute atomic E-state index is 0.916. The lowest BCUT2D eigenvalue weighted by Gasteiger charge is -1.91. The molecular formula is C9H8BrI. The van der Waals surface area contributed by atoms with Gasteiger partial charge in [-0.25, -0.2) is 0 Å². The van der Waals surface area contributed by atoms with Crippen LogP contribution < -0.4 is 0 Å². The Labute approximate surface area is 89.0 Å². The maximum atomic E-state index is 3.33. The first-order valence-corrected chi connectivity index (χ1v) is 5.51. The van der Waals surface area contributed by atoms with Gasteiger partial charge in [-0.3, -0.25) is 0 Å². The van der Waals surface area contributed by atoms with Gasteiger partial charge in [0.05, 0.1) is 0 Å². The zero-order chi connectivity index (χ0) is 8.10. The van der Waals surface area contributed by atoms with Gasteiger partial charge >= 0.3 is 0 Å². The van der Waals surface area contributed by atoms with E-state index in [1.54, 1.807) is 0 Å². The van der Waals surface area contributed by atoms with E-state index in [1.807, 2.05) is 0 Å². The van der Waals surface area contributed by atoms with E-state index < -0.39 is 0 Å². The summed E-state index contributed by atoms with van der Waals surface area (Å²) in [5.41, 5.74) is 1.25. The molecule has 0 radical (unpaired) electrons. The molecule has 0 unspecified atom stereocenters. The summed E-state index contributed by atoms with van der Waals surface area (Å²) < 4.78 is 1.28. The molecule has 1 aromatic rings. The molecule has 0 saturated carbocycles. The molecule has 1 rings (SSSR count). The Kier molecular flexibility index (Phi) is 4.15. The van der Waals surface area contributed by atoms with Crippen molar-refractivity contribution in [2.24, 2.45) is 0 Å². The van der Waals surface area contributed by atoms with E-state index in [0.717, 1.165) is 5.33 Å². The molecule has 11 heavy (non-hydrogen) atoms. The second-order valence-electron chi connectivity index (χ2n) is 2.11. The fourth-order valence-electron chi connectivity index (χ4n) is 0.755. The van der Waals surface area contributed by atoms with Crippen molar-refractivity contribution in [3.8, 4) is 0 Å². The summed E-state index contributed by atoms with van der Waals surface area (Å²) in [5, 5.41) is 0.916. The smallest absolute Gasteiger partial charge is 0.0215 e. The Bertz CT molecular complexity index is 238. The lowest BCUT2D eigenvalue weighted by Crippen LogP contribution is -1.72. The molecule has 0 fully saturated rings. The number of benzene rings is 1. The standard InChI is InChI=1S/C9H8BrI/c10-7-1-2-8-3-5-9(11)6-4-8/h1-6H,7H2. The molecular weight excluding hydrogens is 315 g/mol. The normalized spacial score (nSPS) is 10.7. The fraction of sp³-hybridized carbons (Fsp3) is 0.111. The highest BCUT2D eigenvalue weighted by atomic mass is 127. The third kappa shape index (κ3) is 3.38. The van der Waals surface area contributed by atoms with Crippen LogP contribution in [0.1, 0.15) is 5.56 Å². The average Bonchev–Trinajstić information content (AvgIpc) is 2.04. The lowest BCUT2D eigenvalue weighted by atomic mass is 10.2. The number of allylic oxidation sites excluding steroid dienone is 1. The summed E-state index contributed by atoms with van der Waals surface area (Å²) in [6.45, 7) is 0. The molecule has 0 bridgehead atoms. The van der Waals surface area contributed by atoms with Gasteiger partial charge in [0.1, 0.15) is 0 Å². The Morgan fingerprint density at radius 3 is 2.45 bits per heavy atom. The van der Waals surface area contributed by atoms with Crippen molar-refractivity contribution in [2.75, 3.05) is 5.33 Å². The second-order valence-corrected chi connectivity index (χ2v) is 4.00. The molecule has 58 valence electrons. The van der Waals surface area contributed by atoms with Gasteiger partial charge in [0.2, 0.25) is 0 Å². The van der Waals surface area contributed by atoms with Crippen molar-refractivity contribution in [3.63, 3.8) is 0 Å². The first-order valence-electron chi connectivity index (χ1n) is 3.31. The molecule has 0 nitrogen and oxygen atoms in total. The molecule has 0 aliphatic rings. The molecule has 0 amide bonds. The Morgan fingerprint density at radius 2 is 1.91 bits per heavy atom. The quantitative estimate of drug-likeness (QED) is 0.575. The predicted molar refractivity (Wildman–Crippen MR) is 62.0 cm³/mol. The van der Waals surface area contributed by atoms with Crippen LogP contribution in [0.4, 0.5) is 0 Å². The SMILES string of the molecule is BrCC=Cc1ccc(I)cc1. The molecule has 0 aliphatic heterocycles. The van der Waals surface area contributed by atoms with Crippen molar-refractivity contribution >= 4 is 44.6 Å². The van der Waals surface area contributed by atoms with Crippen molar-refractivity contribution in [1.29, 1.82) is 0 Å².